The lowest BCUT2D eigenvalue weighted by molar-refractivity contribution is 0.0730. The van der Waals surface area contributed by atoms with Crippen molar-refractivity contribution >= 4 is 15.9 Å². The molecule has 2 aromatic carbocycles. The highest BCUT2D eigenvalue weighted by atomic mass is 32.2. The standard InChI is InChI=1S/C22H26N2O4S/c1-16-9-10-18(29(26,27)24-11-13-28-14-12-24)15-20(16)22(25)23-21-8-4-6-17-5-2-3-7-19(17)21/h2-3,5,7,9-10,15,21H,4,6,8,11-14H2,1H3,(H,23,25)/t21-/m0/s1. The predicted molar refractivity (Wildman–Crippen MR) is 110 cm³/mol. The maximum Gasteiger partial charge on any atom is 0.252 e. The van der Waals surface area contributed by atoms with Crippen LogP contribution in [-0.4, -0.2) is 44.9 Å². The number of sulfonamides is 1. The molecule has 1 aliphatic heterocycles. The molecule has 4 rings (SSSR count). The molecule has 1 heterocycles. The lowest BCUT2D eigenvalue weighted by Gasteiger charge is -2.27. The van der Waals surface area contributed by atoms with Gasteiger partial charge in [-0.1, -0.05) is 30.3 Å². The van der Waals surface area contributed by atoms with Gasteiger partial charge in [0.15, 0.2) is 0 Å². The number of rotatable bonds is 4. The monoisotopic (exact) mass is 414 g/mol. The number of nitrogens with zero attached hydrogens (tertiary/aromatic N) is 1. The maximum atomic E-state index is 13.1. The summed E-state index contributed by atoms with van der Waals surface area (Å²) in [5.41, 5.74) is 3.58. The third-order valence-corrected chi connectivity index (χ3v) is 7.63. The van der Waals surface area contributed by atoms with Gasteiger partial charge >= 0.3 is 0 Å². The van der Waals surface area contributed by atoms with Crippen molar-refractivity contribution in [2.75, 3.05) is 26.3 Å². The molecule has 1 fully saturated rings. The number of hydrogen-bond donors (Lipinski definition) is 1. The van der Waals surface area contributed by atoms with Crippen molar-refractivity contribution in [2.24, 2.45) is 0 Å². The number of fused-ring (bicyclic) bond motifs is 1. The van der Waals surface area contributed by atoms with E-state index in [4.69, 9.17) is 4.74 Å². The van der Waals surface area contributed by atoms with Crippen LogP contribution in [0.4, 0.5) is 0 Å². The van der Waals surface area contributed by atoms with E-state index in [0.717, 1.165) is 30.4 Å². The fraction of sp³-hybridized carbons (Fsp3) is 0.409. The second-order valence-corrected chi connectivity index (χ2v) is 9.55. The molecule has 29 heavy (non-hydrogen) atoms. The quantitative estimate of drug-likeness (QED) is 0.835. The number of nitrogens with one attached hydrogen (secondary N) is 1. The number of ether oxygens (including phenoxy) is 1. The van der Waals surface area contributed by atoms with Gasteiger partial charge in [-0.15, -0.1) is 0 Å². The van der Waals surface area contributed by atoms with Crippen LogP contribution in [-0.2, 0) is 21.2 Å². The number of carbonyl (C=O) groups is 1. The zero-order chi connectivity index (χ0) is 20.4. The summed E-state index contributed by atoms with van der Waals surface area (Å²) >= 11 is 0. The van der Waals surface area contributed by atoms with Gasteiger partial charge in [-0.3, -0.25) is 4.79 Å². The number of carbonyl (C=O) groups excluding carboxylic acids is 1. The average Bonchev–Trinajstić information content (AvgIpc) is 2.75. The van der Waals surface area contributed by atoms with E-state index in [0.29, 0.717) is 31.9 Å². The second-order valence-electron chi connectivity index (χ2n) is 7.61. The minimum atomic E-state index is -3.64. The van der Waals surface area contributed by atoms with Gasteiger partial charge < -0.3 is 10.1 Å². The molecule has 6 nitrogen and oxygen atoms in total. The summed E-state index contributed by atoms with van der Waals surface area (Å²) in [5.74, 6) is -0.233. The molecule has 2 aliphatic rings. The van der Waals surface area contributed by atoms with Gasteiger partial charge in [0, 0.05) is 18.7 Å². The van der Waals surface area contributed by atoms with Crippen molar-refractivity contribution in [1.29, 1.82) is 0 Å². The van der Waals surface area contributed by atoms with E-state index in [1.807, 2.05) is 19.1 Å². The molecule has 1 atom stereocenters. The summed E-state index contributed by atoms with van der Waals surface area (Å²) in [5, 5.41) is 3.12. The fourth-order valence-electron chi connectivity index (χ4n) is 4.08. The van der Waals surface area contributed by atoms with Crippen molar-refractivity contribution in [2.45, 2.75) is 37.1 Å². The zero-order valence-corrected chi connectivity index (χ0v) is 17.4. The largest absolute Gasteiger partial charge is 0.379 e. The van der Waals surface area contributed by atoms with E-state index in [1.165, 1.54) is 15.9 Å². The molecule has 7 heteroatoms. The number of hydrogen-bond acceptors (Lipinski definition) is 4. The van der Waals surface area contributed by atoms with Gasteiger partial charge in [-0.2, -0.15) is 4.31 Å². The highest BCUT2D eigenvalue weighted by Crippen LogP contribution is 2.30. The van der Waals surface area contributed by atoms with E-state index < -0.39 is 10.0 Å². The van der Waals surface area contributed by atoms with Crippen LogP contribution in [0.1, 0.15) is 45.9 Å². The Morgan fingerprint density at radius 1 is 1.14 bits per heavy atom. The molecule has 1 saturated heterocycles. The van der Waals surface area contributed by atoms with Gasteiger partial charge in [0.2, 0.25) is 10.0 Å². The Hall–Kier alpha value is -2.22. The van der Waals surface area contributed by atoms with Crippen molar-refractivity contribution in [3.05, 3.63) is 64.7 Å². The molecule has 0 saturated carbocycles. The minimum absolute atomic E-state index is 0.0497. The highest BCUT2D eigenvalue weighted by molar-refractivity contribution is 7.89. The SMILES string of the molecule is Cc1ccc(S(=O)(=O)N2CCOCC2)cc1C(=O)N[C@H]1CCCc2ccccc21. The van der Waals surface area contributed by atoms with Crippen LogP contribution in [0.15, 0.2) is 47.4 Å². The Morgan fingerprint density at radius 3 is 2.69 bits per heavy atom. The van der Waals surface area contributed by atoms with E-state index in [2.05, 4.69) is 17.4 Å². The Labute approximate surface area is 171 Å². The molecule has 0 unspecified atom stereocenters. The van der Waals surface area contributed by atoms with Crippen LogP contribution < -0.4 is 5.32 Å². The van der Waals surface area contributed by atoms with Gasteiger partial charge in [0.25, 0.3) is 5.91 Å². The lowest BCUT2D eigenvalue weighted by atomic mass is 9.87. The lowest BCUT2D eigenvalue weighted by Crippen LogP contribution is -2.40. The first-order chi connectivity index (χ1) is 14.0. The van der Waals surface area contributed by atoms with E-state index in [1.54, 1.807) is 12.1 Å². The molecule has 2 aromatic rings. The van der Waals surface area contributed by atoms with Crippen molar-refractivity contribution < 1.29 is 17.9 Å². The molecular formula is C22H26N2O4S. The van der Waals surface area contributed by atoms with Crippen LogP contribution in [0.2, 0.25) is 0 Å². The molecule has 1 N–H and O–H groups in total. The minimum Gasteiger partial charge on any atom is -0.379 e. The highest BCUT2D eigenvalue weighted by Gasteiger charge is 2.28. The Bertz CT molecular complexity index is 1010. The summed E-state index contributed by atoms with van der Waals surface area (Å²) in [6, 6.07) is 12.9. The van der Waals surface area contributed by atoms with Gasteiger partial charge in [0.1, 0.15) is 0 Å². The van der Waals surface area contributed by atoms with Crippen LogP contribution >= 0.6 is 0 Å². The Morgan fingerprint density at radius 2 is 1.90 bits per heavy atom. The molecule has 1 amide bonds. The first-order valence-corrected chi connectivity index (χ1v) is 11.5. The van der Waals surface area contributed by atoms with Crippen molar-refractivity contribution in [3.63, 3.8) is 0 Å². The Kier molecular flexibility index (Phi) is 5.72. The summed E-state index contributed by atoms with van der Waals surface area (Å²) in [6.07, 6.45) is 2.93. The fourth-order valence-corrected chi connectivity index (χ4v) is 5.52. The van der Waals surface area contributed by atoms with Crippen LogP contribution in [0.3, 0.4) is 0 Å². The van der Waals surface area contributed by atoms with Crippen molar-refractivity contribution in [1.82, 2.24) is 9.62 Å². The third kappa shape index (κ3) is 4.08. The smallest absolute Gasteiger partial charge is 0.252 e. The molecule has 1 aliphatic carbocycles. The van der Waals surface area contributed by atoms with Gasteiger partial charge in [-0.05, 0) is 55.0 Å². The number of morpholine rings is 1. The van der Waals surface area contributed by atoms with Gasteiger partial charge in [0.05, 0.1) is 24.2 Å². The first kappa shape index (κ1) is 20.1. The Balaban J connectivity index is 1.59. The van der Waals surface area contributed by atoms with Crippen LogP contribution in [0, 0.1) is 6.92 Å². The summed E-state index contributed by atoms with van der Waals surface area (Å²) in [6.45, 7) is 3.26. The second kappa shape index (κ2) is 8.26. The molecule has 0 spiro atoms. The molecular weight excluding hydrogens is 388 g/mol. The number of benzene rings is 2. The topological polar surface area (TPSA) is 75.7 Å². The van der Waals surface area contributed by atoms with Crippen LogP contribution in [0.25, 0.3) is 0 Å². The predicted octanol–water partition coefficient (Wildman–Crippen LogP) is 2.82. The number of aryl methyl sites for hydroxylation is 2. The van der Waals surface area contributed by atoms with Crippen molar-refractivity contribution in [3.8, 4) is 0 Å². The molecule has 0 aromatic heterocycles. The summed E-state index contributed by atoms with van der Waals surface area (Å²) in [7, 11) is -3.64. The third-order valence-electron chi connectivity index (χ3n) is 5.74. The number of amides is 1. The van der Waals surface area contributed by atoms with Gasteiger partial charge in [-0.25, -0.2) is 8.42 Å². The molecule has 0 radical (unpaired) electrons. The maximum absolute atomic E-state index is 13.1. The summed E-state index contributed by atoms with van der Waals surface area (Å²) < 4.78 is 32.6. The van der Waals surface area contributed by atoms with Crippen LogP contribution in [0.5, 0.6) is 0 Å². The zero-order valence-electron chi connectivity index (χ0n) is 16.6. The van der Waals surface area contributed by atoms with E-state index >= 15 is 0 Å². The molecule has 154 valence electrons. The first-order valence-electron chi connectivity index (χ1n) is 10.0. The average molecular weight is 415 g/mol. The van der Waals surface area contributed by atoms with E-state index in [9.17, 15) is 13.2 Å². The molecule has 0 bridgehead atoms. The van der Waals surface area contributed by atoms with E-state index in [-0.39, 0.29) is 16.8 Å². The normalized spacial score (nSPS) is 20.1. The summed E-state index contributed by atoms with van der Waals surface area (Å²) in [4.78, 5) is 13.2.